The fourth-order valence-electron chi connectivity index (χ4n) is 3.98. The van der Waals surface area contributed by atoms with Crippen LogP contribution in [0.25, 0.3) is 0 Å². The summed E-state index contributed by atoms with van der Waals surface area (Å²) in [6.07, 6.45) is 3.60. The van der Waals surface area contributed by atoms with Crippen LogP contribution in [0.1, 0.15) is 35.6 Å². The highest BCUT2D eigenvalue weighted by Crippen LogP contribution is 2.40. The van der Waals surface area contributed by atoms with Crippen molar-refractivity contribution >= 4 is 11.4 Å². The molecule has 0 aliphatic carbocycles. The molecule has 1 N–H and O–H groups in total. The van der Waals surface area contributed by atoms with Gasteiger partial charge in [0.1, 0.15) is 5.75 Å². The van der Waals surface area contributed by atoms with E-state index in [2.05, 4.69) is 53.5 Å². The van der Waals surface area contributed by atoms with Gasteiger partial charge >= 0.3 is 0 Å². The molecule has 120 valence electrons. The number of nitrogens with zero attached hydrogens (tertiary/aromatic N) is 1. The Morgan fingerprint density at radius 2 is 1.96 bits per heavy atom. The van der Waals surface area contributed by atoms with Crippen molar-refractivity contribution in [2.75, 3.05) is 30.4 Å². The highest BCUT2D eigenvalue weighted by molar-refractivity contribution is 5.66. The summed E-state index contributed by atoms with van der Waals surface area (Å²) < 4.78 is 5.52. The van der Waals surface area contributed by atoms with E-state index in [0.29, 0.717) is 6.04 Å². The molecule has 3 aliphatic rings. The van der Waals surface area contributed by atoms with Crippen molar-refractivity contribution in [3.63, 3.8) is 0 Å². The summed E-state index contributed by atoms with van der Waals surface area (Å²) in [5.41, 5.74) is 6.65. The molecule has 1 atom stereocenters. The molecule has 3 heteroatoms. The fraction of sp³-hybridized carbons (Fsp3) is 0.400. The second kappa shape index (κ2) is 5.80. The molecule has 5 rings (SSSR count). The summed E-state index contributed by atoms with van der Waals surface area (Å²) >= 11 is 0. The van der Waals surface area contributed by atoms with E-state index < -0.39 is 0 Å². The number of benzene rings is 2. The lowest BCUT2D eigenvalue weighted by Gasteiger charge is -2.28. The molecule has 1 fully saturated rings. The predicted octanol–water partition coefficient (Wildman–Crippen LogP) is 4.31. The first-order valence-corrected chi connectivity index (χ1v) is 8.54. The number of hydrogen-bond donors (Lipinski definition) is 1. The number of anilines is 2. The van der Waals surface area contributed by atoms with Gasteiger partial charge in [0, 0.05) is 18.8 Å². The van der Waals surface area contributed by atoms with Crippen LogP contribution < -0.4 is 15.0 Å². The molecule has 23 heavy (non-hydrogen) atoms. The molecule has 2 aromatic carbocycles. The zero-order valence-electron chi connectivity index (χ0n) is 13.9. The molecule has 2 aromatic rings. The fourth-order valence-corrected chi connectivity index (χ4v) is 3.98. The molecule has 3 aliphatic heterocycles. The van der Waals surface area contributed by atoms with E-state index in [1.165, 1.54) is 48.3 Å². The van der Waals surface area contributed by atoms with Crippen molar-refractivity contribution in [3.8, 4) is 5.75 Å². The van der Waals surface area contributed by atoms with E-state index in [9.17, 15) is 0 Å². The molecule has 0 saturated carbocycles. The normalized spacial score (nSPS) is 19.6. The minimum absolute atomic E-state index is 0.300. The number of para-hydroxylation sites is 1. The second-order valence-electron chi connectivity index (χ2n) is 6.64. The molecular formula is C20H24N2O. The molecule has 0 aromatic heterocycles. The maximum Gasteiger partial charge on any atom is 0.142 e. The number of aryl methyl sites for hydroxylation is 1. The van der Waals surface area contributed by atoms with Gasteiger partial charge in [-0.15, -0.1) is 0 Å². The summed E-state index contributed by atoms with van der Waals surface area (Å²) in [4.78, 5) is 2.56. The van der Waals surface area contributed by atoms with Crippen LogP contribution in [0, 0.1) is 6.92 Å². The molecular weight excluding hydrogens is 284 g/mol. The first-order chi connectivity index (χ1) is 11.3. The van der Waals surface area contributed by atoms with Crippen molar-refractivity contribution in [1.29, 1.82) is 0 Å². The van der Waals surface area contributed by atoms with Gasteiger partial charge in [-0.3, -0.25) is 0 Å². The molecule has 1 saturated heterocycles. The third kappa shape index (κ3) is 2.54. The molecule has 3 heterocycles. The molecule has 0 amide bonds. The van der Waals surface area contributed by atoms with E-state index >= 15 is 0 Å². The van der Waals surface area contributed by atoms with Crippen LogP contribution >= 0.6 is 0 Å². The zero-order valence-corrected chi connectivity index (χ0v) is 13.9. The summed E-state index contributed by atoms with van der Waals surface area (Å²) in [5, 5.41) is 3.70. The predicted molar refractivity (Wildman–Crippen MR) is 95.7 cm³/mol. The van der Waals surface area contributed by atoms with Gasteiger partial charge in [0.2, 0.25) is 0 Å². The van der Waals surface area contributed by atoms with E-state index in [-0.39, 0.29) is 0 Å². The largest absolute Gasteiger partial charge is 0.495 e. The standard InChI is InChI=1S/C20H24N2O/c1-14-6-5-7-16(20(14)22-10-3-4-11-22)18-12-15-8-9-17(21-18)19(13-15)23-2/h5-9,13,18,21H,3-4,10-12H2,1-2H3. The summed E-state index contributed by atoms with van der Waals surface area (Å²) in [7, 11) is 1.74. The Morgan fingerprint density at radius 1 is 1.13 bits per heavy atom. The first kappa shape index (κ1) is 14.4. The number of nitrogens with one attached hydrogen (secondary N) is 1. The Morgan fingerprint density at radius 3 is 2.74 bits per heavy atom. The second-order valence-corrected chi connectivity index (χ2v) is 6.64. The average molecular weight is 308 g/mol. The van der Waals surface area contributed by atoms with E-state index in [4.69, 9.17) is 4.74 Å². The van der Waals surface area contributed by atoms with Crippen molar-refractivity contribution in [2.24, 2.45) is 0 Å². The first-order valence-electron chi connectivity index (χ1n) is 8.54. The number of fused-ring (bicyclic) bond motifs is 4. The van der Waals surface area contributed by atoms with E-state index in [0.717, 1.165) is 17.9 Å². The summed E-state index contributed by atoms with van der Waals surface area (Å²) in [6, 6.07) is 13.5. The lowest BCUT2D eigenvalue weighted by Crippen LogP contribution is -2.23. The van der Waals surface area contributed by atoms with Crippen LogP contribution in [0.3, 0.4) is 0 Å². The van der Waals surface area contributed by atoms with Crippen LogP contribution in [0.2, 0.25) is 0 Å². The Balaban J connectivity index is 1.74. The molecule has 0 radical (unpaired) electrons. The maximum absolute atomic E-state index is 5.52. The van der Waals surface area contributed by atoms with Gasteiger partial charge in [-0.05, 0) is 55.0 Å². The lowest BCUT2D eigenvalue weighted by atomic mass is 9.96. The van der Waals surface area contributed by atoms with Gasteiger partial charge in [0.15, 0.2) is 0 Å². The van der Waals surface area contributed by atoms with Crippen molar-refractivity contribution in [1.82, 2.24) is 0 Å². The van der Waals surface area contributed by atoms with E-state index in [1.54, 1.807) is 7.11 Å². The van der Waals surface area contributed by atoms with Crippen LogP contribution in [0.5, 0.6) is 5.75 Å². The quantitative estimate of drug-likeness (QED) is 0.914. The Hall–Kier alpha value is -2.16. The highest BCUT2D eigenvalue weighted by atomic mass is 16.5. The number of rotatable bonds is 3. The minimum atomic E-state index is 0.300. The Bertz CT molecular complexity index is 720. The highest BCUT2D eigenvalue weighted by Gasteiger charge is 2.25. The van der Waals surface area contributed by atoms with Crippen LogP contribution in [0.4, 0.5) is 11.4 Å². The van der Waals surface area contributed by atoms with Gasteiger partial charge in [0.25, 0.3) is 0 Å². The van der Waals surface area contributed by atoms with Crippen LogP contribution in [0.15, 0.2) is 36.4 Å². The van der Waals surface area contributed by atoms with Crippen molar-refractivity contribution in [2.45, 2.75) is 32.2 Å². The molecule has 2 bridgehead atoms. The smallest absolute Gasteiger partial charge is 0.142 e. The minimum Gasteiger partial charge on any atom is -0.495 e. The van der Waals surface area contributed by atoms with Crippen LogP contribution in [-0.2, 0) is 6.42 Å². The van der Waals surface area contributed by atoms with Gasteiger partial charge in [-0.2, -0.15) is 0 Å². The molecule has 1 unspecified atom stereocenters. The number of hydrogen-bond acceptors (Lipinski definition) is 3. The molecule has 3 nitrogen and oxygen atoms in total. The third-order valence-corrected chi connectivity index (χ3v) is 5.10. The Kier molecular flexibility index (Phi) is 3.64. The third-order valence-electron chi connectivity index (χ3n) is 5.10. The average Bonchev–Trinajstić information content (AvgIpc) is 2.94. The monoisotopic (exact) mass is 308 g/mol. The zero-order chi connectivity index (χ0) is 15.8. The van der Waals surface area contributed by atoms with E-state index in [1.807, 2.05) is 0 Å². The van der Waals surface area contributed by atoms with Crippen LogP contribution in [-0.4, -0.2) is 20.2 Å². The van der Waals surface area contributed by atoms with Gasteiger partial charge < -0.3 is 15.0 Å². The summed E-state index contributed by atoms with van der Waals surface area (Å²) in [6.45, 7) is 4.59. The Labute approximate surface area is 138 Å². The number of ether oxygens (including phenoxy) is 1. The van der Waals surface area contributed by atoms with Crippen molar-refractivity contribution < 1.29 is 4.74 Å². The SMILES string of the molecule is COc1cc2ccc1NC(c1cccc(C)c1N1CCCC1)C2. The summed E-state index contributed by atoms with van der Waals surface area (Å²) in [5.74, 6) is 0.945. The molecule has 0 spiro atoms. The van der Waals surface area contributed by atoms with Crippen molar-refractivity contribution in [3.05, 3.63) is 53.1 Å². The lowest BCUT2D eigenvalue weighted by molar-refractivity contribution is 0.416. The van der Waals surface area contributed by atoms with Gasteiger partial charge in [-0.1, -0.05) is 24.3 Å². The topological polar surface area (TPSA) is 24.5 Å². The van der Waals surface area contributed by atoms with Gasteiger partial charge in [0.05, 0.1) is 18.8 Å². The maximum atomic E-state index is 5.52. The number of methoxy groups -OCH3 is 1. The van der Waals surface area contributed by atoms with Gasteiger partial charge in [-0.25, -0.2) is 0 Å².